The van der Waals surface area contributed by atoms with Crippen molar-refractivity contribution in [1.82, 2.24) is 10.9 Å². The first-order chi connectivity index (χ1) is 13.0. The number of para-hydroxylation sites is 2. The quantitative estimate of drug-likeness (QED) is 0.700. The number of hydrazine groups is 1. The number of carbonyl (C=O) groups excluding carboxylic acids is 2. The number of hydrogen-bond donors (Lipinski definition) is 2. The van der Waals surface area contributed by atoms with Gasteiger partial charge in [0, 0.05) is 0 Å². The molecule has 0 aliphatic heterocycles. The molecule has 1 atom stereocenters. The molecule has 0 aliphatic carbocycles. The number of benzene rings is 2. The first-order valence-electron chi connectivity index (χ1n) is 9.03. The molecule has 0 heterocycles. The van der Waals surface area contributed by atoms with Gasteiger partial charge in [0.2, 0.25) is 0 Å². The summed E-state index contributed by atoms with van der Waals surface area (Å²) in [5.41, 5.74) is 5.77. The van der Waals surface area contributed by atoms with Gasteiger partial charge in [-0.2, -0.15) is 0 Å². The number of ether oxygens (including phenoxy) is 2. The SMILES string of the molecule is CCC(Oc1ccccc1)C(=O)NNC(=O)COc1ccccc1C(C)C. The van der Waals surface area contributed by atoms with Crippen LogP contribution in [0.25, 0.3) is 0 Å². The van der Waals surface area contributed by atoms with Crippen molar-refractivity contribution in [3.8, 4) is 11.5 Å². The Kier molecular flexibility index (Phi) is 7.67. The smallest absolute Gasteiger partial charge is 0.279 e. The van der Waals surface area contributed by atoms with Gasteiger partial charge in [0.25, 0.3) is 11.8 Å². The van der Waals surface area contributed by atoms with Crippen molar-refractivity contribution in [1.29, 1.82) is 0 Å². The van der Waals surface area contributed by atoms with E-state index < -0.39 is 17.9 Å². The van der Waals surface area contributed by atoms with Gasteiger partial charge in [0.05, 0.1) is 0 Å². The van der Waals surface area contributed by atoms with Crippen LogP contribution in [0.5, 0.6) is 11.5 Å². The molecule has 27 heavy (non-hydrogen) atoms. The summed E-state index contributed by atoms with van der Waals surface area (Å²) in [6.07, 6.45) is -0.232. The first kappa shape index (κ1) is 20.3. The van der Waals surface area contributed by atoms with Crippen LogP contribution < -0.4 is 20.3 Å². The predicted octanol–water partition coefficient (Wildman–Crippen LogP) is 3.19. The number of nitrogens with one attached hydrogen (secondary N) is 2. The molecule has 2 aromatic carbocycles. The summed E-state index contributed by atoms with van der Waals surface area (Å²) in [6.45, 7) is 5.75. The monoisotopic (exact) mass is 370 g/mol. The zero-order valence-electron chi connectivity index (χ0n) is 15.9. The van der Waals surface area contributed by atoms with Crippen molar-refractivity contribution >= 4 is 11.8 Å². The average molecular weight is 370 g/mol. The maximum atomic E-state index is 12.2. The minimum absolute atomic E-state index is 0.194. The molecule has 2 amide bonds. The highest BCUT2D eigenvalue weighted by Gasteiger charge is 2.19. The molecule has 6 nitrogen and oxygen atoms in total. The van der Waals surface area contributed by atoms with Gasteiger partial charge in [-0.05, 0) is 36.1 Å². The van der Waals surface area contributed by atoms with Crippen LogP contribution in [-0.4, -0.2) is 24.5 Å². The molecule has 6 heteroatoms. The second kappa shape index (κ2) is 10.2. The number of rotatable bonds is 8. The number of hydrogen-bond acceptors (Lipinski definition) is 4. The van der Waals surface area contributed by atoms with Crippen molar-refractivity contribution in [2.24, 2.45) is 0 Å². The van der Waals surface area contributed by atoms with E-state index >= 15 is 0 Å². The molecule has 2 N–H and O–H groups in total. The molecule has 0 aromatic heterocycles. The van der Waals surface area contributed by atoms with Crippen molar-refractivity contribution in [2.45, 2.75) is 39.2 Å². The number of amides is 2. The van der Waals surface area contributed by atoms with Crippen LogP contribution in [0.3, 0.4) is 0 Å². The lowest BCUT2D eigenvalue weighted by Gasteiger charge is -2.18. The summed E-state index contributed by atoms with van der Waals surface area (Å²) in [5.74, 6) is 0.672. The Morgan fingerprint density at radius 2 is 1.63 bits per heavy atom. The van der Waals surface area contributed by atoms with E-state index in [1.807, 2.05) is 49.4 Å². The summed E-state index contributed by atoms with van der Waals surface area (Å²) in [4.78, 5) is 24.2. The minimum Gasteiger partial charge on any atom is -0.483 e. The van der Waals surface area contributed by atoms with E-state index in [2.05, 4.69) is 24.7 Å². The molecule has 144 valence electrons. The fraction of sp³-hybridized carbons (Fsp3) is 0.333. The Morgan fingerprint density at radius 1 is 0.963 bits per heavy atom. The molecule has 0 fully saturated rings. The van der Waals surface area contributed by atoms with Crippen molar-refractivity contribution in [3.63, 3.8) is 0 Å². The van der Waals surface area contributed by atoms with Crippen LogP contribution in [0.15, 0.2) is 54.6 Å². The standard InChI is InChI=1S/C21H26N2O4/c1-4-18(27-16-10-6-5-7-11-16)21(25)23-22-20(24)14-26-19-13-9-8-12-17(19)15(2)3/h5-13,15,18H,4,14H2,1-3H3,(H,22,24)(H,23,25). The van der Waals surface area contributed by atoms with Gasteiger partial charge in [-0.25, -0.2) is 0 Å². The highest BCUT2D eigenvalue weighted by molar-refractivity contribution is 5.85. The Morgan fingerprint density at radius 3 is 2.30 bits per heavy atom. The molecule has 0 spiro atoms. The maximum absolute atomic E-state index is 12.2. The lowest BCUT2D eigenvalue weighted by atomic mass is 10.0. The lowest BCUT2D eigenvalue weighted by Crippen LogP contribution is -2.49. The van der Waals surface area contributed by atoms with E-state index in [0.29, 0.717) is 17.9 Å². The highest BCUT2D eigenvalue weighted by Crippen LogP contribution is 2.25. The summed E-state index contributed by atoms with van der Waals surface area (Å²) in [6, 6.07) is 16.6. The Hall–Kier alpha value is -3.02. The predicted molar refractivity (Wildman–Crippen MR) is 103 cm³/mol. The Labute approximate surface area is 159 Å². The fourth-order valence-corrected chi connectivity index (χ4v) is 2.47. The van der Waals surface area contributed by atoms with Crippen LogP contribution in [0, 0.1) is 0 Å². The van der Waals surface area contributed by atoms with E-state index in [-0.39, 0.29) is 12.5 Å². The van der Waals surface area contributed by atoms with Crippen molar-refractivity contribution in [3.05, 3.63) is 60.2 Å². The summed E-state index contributed by atoms with van der Waals surface area (Å²) in [5, 5.41) is 0. The van der Waals surface area contributed by atoms with Gasteiger partial charge >= 0.3 is 0 Å². The van der Waals surface area contributed by atoms with Gasteiger partial charge in [0.15, 0.2) is 12.7 Å². The topological polar surface area (TPSA) is 76.7 Å². The van der Waals surface area contributed by atoms with E-state index in [1.165, 1.54) is 0 Å². The Balaban J connectivity index is 1.81. The first-order valence-corrected chi connectivity index (χ1v) is 9.03. The molecule has 0 saturated carbocycles. The second-order valence-electron chi connectivity index (χ2n) is 6.35. The zero-order chi connectivity index (χ0) is 19.6. The summed E-state index contributed by atoms with van der Waals surface area (Å²) >= 11 is 0. The highest BCUT2D eigenvalue weighted by atomic mass is 16.5. The van der Waals surface area contributed by atoms with Gasteiger partial charge < -0.3 is 9.47 Å². The van der Waals surface area contributed by atoms with Crippen LogP contribution in [0.2, 0.25) is 0 Å². The minimum atomic E-state index is -0.699. The molecule has 0 saturated heterocycles. The summed E-state index contributed by atoms with van der Waals surface area (Å²) < 4.78 is 11.2. The van der Waals surface area contributed by atoms with Crippen molar-refractivity contribution in [2.75, 3.05) is 6.61 Å². The van der Waals surface area contributed by atoms with Crippen LogP contribution >= 0.6 is 0 Å². The maximum Gasteiger partial charge on any atom is 0.279 e. The fourth-order valence-electron chi connectivity index (χ4n) is 2.47. The third-order valence-electron chi connectivity index (χ3n) is 3.91. The largest absolute Gasteiger partial charge is 0.483 e. The van der Waals surface area contributed by atoms with E-state index in [4.69, 9.17) is 9.47 Å². The molecule has 0 radical (unpaired) electrons. The van der Waals surface area contributed by atoms with Gasteiger partial charge in [0.1, 0.15) is 11.5 Å². The Bertz CT molecular complexity index is 747. The molecule has 1 unspecified atom stereocenters. The normalized spacial score (nSPS) is 11.6. The van der Waals surface area contributed by atoms with Crippen LogP contribution in [0.1, 0.15) is 38.7 Å². The van der Waals surface area contributed by atoms with Crippen molar-refractivity contribution < 1.29 is 19.1 Å². The number of carbonyl (C=O) groups is 2. The zero-order valence-corrected chi connectivity index (χ0v) is 15.9. The molecule has 0 bridgehead atoms. The molecular formula is C21H26N2O4. The van der Waals surface area contributed by atoms with Crippen LogP contribution in [-0.2, 0) is 9.59 Å². The van der Waals surface area contributed by atoms with E-state index in [1.54, 1.807) is 12.1 Å². The van der Waals surface area contributed by atoms with Crippen LogP contribution in [0.4, 0.5) is 0 Å². The van der Waals surface area contributed by atoms with Gasteiger partial charge in [-0.3, -0.25) is 20.4 Å². The average Bonchev–Trinajstić information content (AvgIpc) is 2.69. The third-order valence-corrected chi connectivity index (χ3v) is 3.91. The molecular weight excluding hydrogens is 344 g/mol. The summed E-state index contributed by atoms with van der Waals surface area (Å²) in [7, 11) is 0. The van der Waals surface area contributed by atoms with Gasteiger partial charge in [-0.15, -0.1) is 0 Å². The molecule has 2 aromatic rings. The third kappa shape index (κ3) is 6.33. The second-order valence-corrected chi connectivity index (χ2v) is 6.35. The molecule has 2 rings (SSSR count). The lowest BCUT2D eigenvalue weighted by molar-refractivity contribution is -0.134. The van der Waals surface area contributed by atoms with E-state index in [9.17, 15) is 9.59 Å². The van der Waals surface area contributed by atoms with Gasteiger partial charge in [-0.1, -0.05) is 57.2 Å². The van der Waals surface area contributed by atoms with E-state index in [0.717, 1.165) is 5.56 Å². The molecule has 0 aliphatic rings.